The lowest BCUT2D eigenvalue weighted by molar-refractivity contribution is -0.117. The normalized spacial score (nSPS) is 13.7. The molecule has 2 aromatic rings. The first-order valence-corrected chi connectivity index (χ1v) is 7.71. The molecule has 3 nitrogen and oxygen atoms in total. The van der Waals surface area contributed by atoms with Gasteiger partial charge in [0.25, 0.3) is 0 Å². The molecule has 22 heavy (non-hydrogen) atoms. The SMILES string of the molecule is O=C(c1ccccc1Cl)c1cc(Cl)ccc1NC(=O)C1CC1. The molecule has 0 spiro atoms. The van der Waals surface area contributed by atoms with E-state index in [-0.39, 0.29) is 17.6 Å². The Morgan fingerprint density at radius 1 is 1.00 bits per heavy atom. The second-order valence-corrected chi connectivity index (χ2v) is 6.11. The summed E-state index contributed by atoms with van der Waals surface area (Å²) in [6.07, 6.45) is 1.79. The van der Waals surface area contributed by atoms with Gasteiger partial charge in [0.15, 0.2) is 5.78 Å². The number of hydrogen-bond acceptors (Lipinski definition) is 2. The second kappa shape index (κ2) is 6.11. The van der Waals surface area contributed by atoms with E-state index in [0.29, 0.717) is 26.9 Å². The van der Waals surface area contributed by atoms with Crippen molar-refractivity contribution in [3.63, 3.8) is 0 Å². The average molecular weight is 334 g/mol. The second-order valence-electron chi connectivity index (χ2n) is 5.26. The molecule has 1 N–H and O–H groups in total. The summed E-state index contributed by atoms with van der Waals surface area (Å²) in [6.45, 7) is 0. The molecule has 1 saturated carbocycles. The number of halogens is 2. The fourth-order valence-electron chi connectivity index (χ4n) is 2.18. The van der Waals surface area contributed by atoms with Gasteiger partial charge in [-0.15, -0.1) is 0 Å². The van der Waals surface area contributed by atoms with Gasteiger partial charge in [-0.05, 0) is 43.2 Å². The third-order valence-corrected chi connectivity index (χ3v) is 4.12. The summed E-state index contributed by atoms with van der Waals surface area (Å²) in [6, 6.07) is 11.6. The molecular weight excluding hydrogens is 321 g/mol. The summed E-state index contributed by atoms with van der Waals surface area (Å²) in [4.78, 5) is 24.7. The first-order chi connectivity index (χ1) is 10.6. The van der Waals surface area contributed by atoms with E-state index in [1.807, 2.05) is 0 Å². The predicted octanol–water partition coefficient (Wildman–Crippen LogP) is 4.57. The van der Waals surface area contributed by atoms with Gasteiger partial charge >= 0.3 is 0 Å². The van der Waals surface area contributed by atoms with Crippen LogP contribution in [0.2, 0.25) is 10.0 Å². The predicted molar refractivity (Wildman–Crippen MR) is 87.7 cm³/mol. The van der Waals surface area contributed by atoms with E-state index in [1.54, 1.807) is 42.5 Å². The fraction of sp³-hybridized carbons (Fsp3) is 0.176. The first-order valence-electron chi connectivity index (χ1n) is 6.96. The number of ketones is 1. The highest BCUT2D eigenvalue weighted by Crippen LogP contribution is 2.32. The topological polar surface area (TPSA) is 46.2 Å². The van der Waals surface area contributed by atoms with Crippen LogP contribution in [0.4, 0.5) is 5.69 Å². The number of carbonyl (C=O) groups is 2. The molecule has 1 fully saturated rings. The van der Waals surface area contributed by atoms with E-state index < -0.39 is 0 Å². The molecule has 0 atom stereocenters. The highest BCUT2D eigenvalue weighted by Gasteiger charge is 2.30. The zero-order chi connectivity index (χ0) is 15.7. The van der Waals surface area contributed by atoms with E-state index in [9.17, 15) is 9.59 Å². The minimum atomic E-state index is -0.265. The number of amides is 1. The minimum absolute atomic E-state index is 0.0546. The van der Waals surface area contributed by atoms with Crippen LogP contribution < -0.4 is 5.32 Å². The molecule has 0 heterocycles. The van der Waals surface area contributed by atoms with Gasteiger partial charge in [0.05, 0.1) is 10.7 Å². The molecule has 0 radical (unpaired) electrons. The molecular formula is C17H13Cl2NO2. The Balaban J connectivity index is 1.97. The number of benzene rings is 2. The summed E-state index contributed by atoms with van der Waals surface area (Å²) in [7, 11) is 0. The number of rotatable bonds is 4. The Labute approximate surface area is 138 Å². The van der Waals surface area contributed by atoms with Crippen molar-refractivity contribution in [2.24, 2.45) is 5.92 Å². The van der Waals surface area contributed by atoms with E-state index in [1.165, 1.54) is 0 Å². The molecule has 112 valence electrons. The molecule has 2 aromatic carbocycles. The maximum atomic E-state index is 12.7. The maximum absolute atomic E-state index is 12.7. The van der Waals surface area contributed by atoms with Gasteiger partial charge in [-0.3, -0.25) is 9.59 Å². The fourth-order valence-corrected chi connectivity index (χ4v) is 2.58. The van der Waals surface area contributed by atoms with Crippen molar-refractivity contribution in [2.45, 2.75) is 12.8 Å². The molecule has 0 bridgehead atoms. The summed E-state index contributed by atoms with van der Waals surface area (Å²) < 4.78 is 0. The van der Waals surface area contributed by atoms with Crippen LogP contribution in [-0.4, -0.2) is 11.7 Å². The van der Waals surface area contributed by atoms with Gasteiger partial charge < -0.3 is 5.32 Å². The Bertz CT molecular complexity index is 754. The van der Waals surface area contributed by atoms with Crippen molar-refractivity contribution in [1.29, 1.82) is 0 Å². The summed E-state index contributed by atoms with van der Waals surface area (Å²) in [5, 5.41) is 3.61. The van der Waals surface area contributed by atoms with E-state index in [2.05, 4.69) is 5.32 Å². The maximum Gasteiger partial charge on any atom is 0.227 e. The van der Waals surface area contributed by atoms with Gasteiger partial charge in [0, 0.05) is 22.1 Å². The van der Waals surface area contributed by atoms with Crippen LogP contribution in [0.25, 0.3) is 0 Å². The van der Waals surface area contributed by atoms with Crippen molar-refractivity contribution in [2.75, 3.05) is 5.32 Å². The van der Waals surface area contributed by atoms with E-state index in [0.717, 1.165) is 12.8 Å². The standard InChI is InChI=1S/C17H13Cl2NO2/c18-11-7-8-15(20-17(22)10-5-6-10)13(9-11)16(21)12-3-1-2-4-14(12)19/h1-4,7-10H,5-6H2,(H,20,22). The quantitative estimate of drug-likeness (QED) is 0.833. The summed E-state index contributed by atoms with van der Waals surface area (Å²) >= 11 is 12.1. The van der Waals surface area contributed by atoms with E-state index >= 15 is 0 Å². The Hall–Kier alpha value is -1.84. The van der Waals surface area contributed by atoms with Crippen molar-refractivity contribution < 1.29 is 9.59 Å². The summed E-state index contributed by atoms with van der Waals surface area (Å²) in [5.74, 6) is -0.270. The number of nitrogens with one attached hydrogen (secondary N) is 1. The lowest BCUT2D eigenvalue weighted by Crippen LogP contribution is -2.16. The average Bonchev–Trinajstić information content (AvgIpc) is 3.33. The van der Waals surface area contributed by atoms with Gasteiger partial charge in [-0.2, -0.15) is 0 Å². The lowest BCUT2D eigenvalue weighted by atomic mass is 10.0. The van der Waals surface area contributed by atoms with Crippen LogP contribution in [0, 0.1) is 5.92 Å². The Morgan fingerprint density at radius 2 is 1.73 bits per heavy atom. The molecule has 5 heteroatoms. The Kier molecular flexibility index (Phi) is 4.19. The van der Waals surface area contributed by atoms with E-state index in [4.69, 9.17) is 23.2 Å². The van der Waals surface area contributed by atoms with Crippen molar-refractivity contribution in [1.82, 2.24) is 0 Å². The van der Waals surface area contributed by atoms with Gasteiger partial charge in [0.2, 0.25) is 5.91 Å². The van der Waals surface area contributed by atoms with Crippen LogP contribution in [-0.2, 0) is 4.79 Å². The molecule has 0 aromatic heterocycles. The molecule has 0 saturated heterocycles. The third kappa shape index (κ3) is 3.16. The highest BCUT2D eigenvalue weighted by atomic mass is 35.5. The first kappa shape index (κ1) is 15.1. The van der Waals surface area contributed by atoms with Crippen molar-refractivity contribution in [3.05, 3.63) is 63.6 Å². The van der Waals surface area contributed by atoms with Crippen LogP contribution in [0.5, 0.6) is 0 Å². The zero-order valence-electron chi connectivity index (χ0n) is 11.6. The molecule has 1 aliphatic carbocycles. The molecule has 0 aliphatic heterocycles. The zero-order valence-corrected chi connectivity index (χ0v) is 13.1. The van der Waals surface area contributed by atoms with Crippen LogP contribution in [0.3, 0.4) is 0 Å². The largest absolute Gasteiger partial charge is 0.325 e. The van der Waals surface area contributed by atoms with Crippen molar-refractivity contribution >= 4 is 40.6 Å². The molecule has 1 aliphatic rings. The van der Waals surface area contributed by atoms with Crippen LogP contribution in [0.1, 0.15) is 28.8 Å². The van der Waals surface area contributed by atoms with Crippen molar-refractivity contribution in [3.8, 4) is 0 Å². The highest BCUT2D eigenvalue weighted by molar-refractivity contribution is 6.36. The number of carbonyl (C=O) groups excluding carboxylic acids is 2. The lowest BCUT2D eigenvalue weighted by Gasteiger charge is -2.11. The Morgan fingerprint density at radius 3 is 2.41 bits per heavy atom. The molecule has 3 rings (SSSR count). The van der Waals surface area contributed by atoms with Gasteiger partial charge in [-0.1, -0.05) is 35.3 Å². The number of anilines is 1. The van der Waals surface area contributed by atoms with Gasteiger partial charge in [0.1, 0.15) is 0 Å². The van der Waals surface area contributed by atoms with Crippen LogP contribution in [0.15, 0.2) is 42.5 Å². The molecule has 1 amide bonds. The minimum Gasteiger partial charge on any atom is -0.325 e. The summed E-state index contributed by atoms with van der Waals surface area (Å²) in [5.41, 5.74) is 1.19. The third-order valence-electron chi connectivity index (χ3n) is 3.55. The van der Waals surface area contributed by atoms with Gasteiger partial charge in [-0.25, -0.2) is 0 Å². The monoisotopic (exact) mass is 333 g/mol. The molecule has 0 unspecified atom stereocenters. The smallest absolute Gasteiger partial charge is 0.227 e. The van der Waals surface area contributed by atoms with Crippen LogP contribution >= 0.6 is 23.2 Å². The number of hydrogen-bond donors (Lipinski definition) is 1.